The summed E-state index contributed by atoms with van der Waals surface area (Å²) in [6.45, 7) is 5.67. The standard InChI is InChI=1S/C12H19NO3/c1-8(2)6-11(14)13(10-4-5-10)7-9(3)12(15)16/h6,9-10H,4-5,7H2,1-3H3,(H,15,16). The number of carbonyl (C=O) groups excluding carboxylic acids is 1. The number of carboxylic acids is 1. The Morgan fingerprint density at radius 1 is 1.44 bits per heavy atom. The molecule has 0 radical (unpaired) electrons. The van der Waals surface area contributed by atoms with Gasteiger partial charge in [-0.2, -0.15) is 0 Å². The third-order valence-electron chi connectivity index (χ3n) is 2.58. The van der Waals surface area contributed by atoms with Gasteiger partial charge < -0.3 is 10.0 Å². The molecule has 1 unspecified atom stereocenters. The first-order valence-corrected chi connectivity index (χ1v) is 5.60. The van der Waals surface area contributed by atoms with Crippen LogP contribution in [0.25, 0.3) is 0 Å². The van der Waals surface area contributed by atoms with E-state index in [1.54, 1.807) is 17.9 Å². The van der Waals surface area contributed by atoms with Crippen LogP contribution in [0.1, 0.15) is 33.6 Å². The molecule has 1 N–H and O–H groups in total. The number of carbonyl (C=O) groups is 2. The van der Waals surface area contributed by atoms with Gasteiger partial charge >= 0.3 is 5.97 Å². The smallest absolute Gasteiger partial charge is 0.308 e. The van der Waals surface area contributed by atoms with Crippen molar-refractivity contribution in [3.05, 3.63) is 11.6 Å². The van der Waals surface area contributed by atoms with Crippen molar-refractivity contribution in [2.45, 2.75) is 39.7 Å². The van der Waals surface area contributed by atoms with E-state index in [0.717, 1.165) is 18.4 Å². The van der Waals surface area contributed by atoms with Gasteiger partial charge in [0.15, 0.2) is 0 Å². The minimum atomic E-state index is -0.851. The molecular weight excluding hydrogens is 206 g/mol. The third-order valence-corrected chi connectivity index (χ3v) is 2.58. The van der Waals surface area contributed by atoms with Gasteiger partial charge in [-0.1, -0.05) is 12.5 Å². The van der Waals surface area contributed by atoms with Crippen LogP contribution in [0.5, 0.6) is 0 Å². The van der Waals surface area contributed by atoms with Crippen molar-refractivity contribution < 1.29 is 14.7 Å². The topological polar surface area (TPSA) is 57.6 Å². The summed E-state index contributed by atoms with van der Waals surface area (Å²) in [6.07, 6.45) is 3.57. The predicted molar refractivity (Wildman–Crippen MR) is 61.0 cm³/mol. The zero-order chi connectivity index (χ0) is 12.3. The van der Waals surface area contributed by atoms with Crippen molar-refractivity contribution in [1.82, 2.24) is 4.90 Å². The third kappa shape index (κ3) is 3.68. The van der Waals surface area contributed by atoms with Gasteiger partial charge in [-0.3, -0.25) is 9.59 Å². The molecule has 0 heterocycles. The second-order valence-electron chi connectivity index (χ2n) is 4.68. The molecule has 90 valence electrons. The molecule has 1 rings (SSSR count). The Balaban J connectivity index is 2.64. The van der Waals surface area contributed by atoms with E-state index in [2.05, 4.69) is 0 Å². The van der Waals surface area contributed by atoms with Crippen LogP contribution in [0.15, 0.2) is 11.6 Å². The van der Waals surface area contributed by atoms with E-state index in [4.69, 9.17) is 5.11 Å². The lowest BCUT2D eigenvalue weighted by molar-refractivity contribution is -0.142. The van der Waals surface area contributed by atoms with Crippen molar-refractivity contribution >= 4 is 11.9 Å². The second kappa shape index (κ2) is 5.14. The van der Waals surface area contributed by atoms with Crippen LogP contribution in [0, 0.1) is 5.92 Å². The Hall–Kier alpha value is -1.32. The molecule has 0 aliphatic heterocycles. The van der Waals surface area contributed by atoms with Crippen LogP contribution in [0.4, 0.5) is 0 Å². The van der Waals surface area contributed by atoms with Gasteiger partial charge in [0.1, 0.15) is 0 Å². The maximum Gasteiger partial charge on any atom is 0.308 e. The van der Waals surface area contributed by atoms with E-state index >= 15 is 0 Å². The van der Waals surface area contributed by atoms with Gasteiger partial charge in [-0.25, -0.2) is 0 Å². The van der Waals surface area contributed by atoms with Crippen LogP contribution >= 0.6 is 0 Å². The normalized spacial score (nSPS) is 16.4. The molecule has 0 aromatic rings. The first kappa shape index (κ1) is 12.7. The van der Waals surface area contributed by atoms with E-state index in [-0.39, 0.29) is 11.9 Å². The minimum Gasteiger partial charge on any atom is -0.481 e. The summed E-state index contributed by atoms with van der Waals surface area (Å²) in [5, 5.41) is 8.84. The highest BCUT2D eigenvalue weighted by Crippen LogP contribution is 2.28. The maximum absolute atomic E-state index is 11.8. The Labute approximate surface area is 95.9 Å². The number of nitrogens with zero attached hydrogens (tertiary/aromatic N) is 1. The summed E-state index contributed by atoms with van der Waals surface area (Å²) in [5.74, 6) is -1.42. The van der Waals surface area contributed by atoms with Gasteiger partial charge in [-0.05, 0) is 26.7 Å². The molecule has 1 amide bonds. The quantitative estimate of drug-likeness (QED) is 0.724. The van der Waals surface area contributed by atoms with E-state index in [1.807, 2.05) is 13.8 Å². The summed E-state index contributed by atoms with van der Waals surface area (Å²) in [4.78, 5) is 24.3. The Morgan fingerprint density at radius 3 is 2.38 bits per heavy atom. The van der Waals surface area contributed by atoms with Crippen LogP contribution in [-0.4, -0.2) is 34.5 Å². The SMILES string of the molecule is CC(C)=CC(=O)N(CC(C)C(=O)O)C1CC1. The lowest BCUT2D eigenvalue weighted by Crippen LogP contribution is -2.37. The van der Waals surface area contributed by atoms with Crippen molar-refractivity contribution in [3.8, 4) is 0 Å². The van der Waals surface area contributed by atoms with Crippen LogP contribution in [-0.2, 0) is 9.59 Å². The molecule has 1 atom stereocenters. The Morgan fingerprint density at radius 2 is 2.00 bits per heavy atom. The molecule has 0 aromatic heterocycles. The van der Waals surface area contributed by atoms with Crippen molar-refractivity contribution in [2.24, 2.45) is 5.92 Å². The van der Waals surface area contributed by atoms with Gasteiger partial charge in [0.25, 0.3) is 0 Å². The average Bonchev–Trinajstić information content (AvgIpc) is 2.95. The number of amides is 1. The number of allylic oxidation sites excluding steroid dienone is 1. The molecule has 1 aliphatic rings. The monoisotopic (exact) mass is 225 g/mol. The summed E-state index contributed by atoms with van der Waals surface area (Å²) < 4.78 is 0. The van der Waals surface area contributed by atoms with Gasteiger partial charge in [0.05, 0.1) is 5.92 Å². The lowest BCUT2D eigenvalue weighted by atomic mass is 10.1. The molecule has 0 saturated heterocycles. The van der Waals surface area contributed by atoms with Gasteiger partial charge in [0.2, 0.25) is 5.91 Å². The highest BCUT2D eigenvalue weighted by molar-refractivity contribution is 5.89. The highest BCUT2D eigenvalue weighted by Gasteiger charge is 2.33. The fourth-order valence-electron chi connectivity index (χ4n) is 1.51. The summed E-state index contributed by atoms with van der Waals surface area (Å²) >= 11 is 0. The fourth-order valence-corrected chi connectivity index (χ4v) is 1.51. The fraction of sp³-hybridized carbons (Fsp3) is 0.667. The molecule has 1 aliphatic carbocycles. The number of hydrogen-bond donors (Lipinski definition) is 1. The lowest BCUT2D eigenvalue weighted by Gasteiger charge is -2.23. The molecule has 1 fully saturated rings. The van der Waals surface area contributed by atoms with Crippen molar-refractivity contribution in [3.63, 3.8) is 0 Å². The number of rotatable bonds is 5. The van der Waals surface area contributed by atoms with Gasteiger partial charge in [0, 0.05) is 18.7 Å². The molecule has 0 bridgehead atoms. The number of aliphatic carboxylic acids is 1. The maximum atomic E-state index is 11.8. The van der Waals surface area contributed by atoms with Crippen molar-refractivity contribution in [2.75, 3.05) is 6.54 Å². The Bertz CT molecular complexity index is 314. The zero-order valence-electron chi connectivity index (χ0n) is 10.1. The van der Waals surface area contributed by atoms with E-state index in [1.165, 1.54) is 0 Å². The Kier molecular flexibility index (Phi) is 4.10. The molecular formula is C12H19NO3. The summed E-state index contributed by atoms with van der Waals surface area (Å²) in [5.41, 5.74) is 0.943. The molecule has 16 heavy (non-hydrogen) atoms. The summed E-state index contributed by atoms with van der Waals surface area (Å²) in [7, 11) is 0. The molecule has 0 spiro atoms. The average molecular weight is 225 g/mol. The van der Waals surface area contributed by atoms with Crippen LogP contribution in [0.2, 0.25) is 0 Å². The highest BCUT2D eigenvalue weighted by atomic mass is 16.4. The molecule has 0 aromatic carbocycles. The number of carboxylic acid groups (broad SMARTS) is 1. The van der Waals surface area contributed by atoms with Gasteiger partial charge in [-0.15, -0.1) is 0 Å². The first-order chi connectivity index (χ1) is 7.41. The molecule has 4 heteroatoms. The predicted octanol–water partition coefficient (Wildman–Crippen LogP) is 1.66. The van der Waals surface area contributed by atoms with E-state index in [0.29, 0.717) is 6.54 Å². The van der Waals surface area contributed by atoms with Crippen molar-refractivity contribution in [1.29, 1.82) is 0 Å². The number of hydrogen-bond acceptors (Lipinski definition) is 2. The van der Waals surface area contributed by atoms with Crippen LogP contribution < -0.4 is 0 Å². The minimum absolute atomic E-state index is 0.0596. The van der Waals surface area contributed by atoms with E-state index < -0.39 is 11.9 Å². The molecule has 4 nitrogen and oxygen atoms in total. The summed E-state index contributed by atoms with van der Waals surface area (Å²) in [6, 6.07) is 0.255. The zero-order valence-corrected chi connectivity index (χ0v) is 10.1. The molecule has 1 saturated carbocycles. The van der Waals surface area contributed by atoms with Crippen LogP contribution in [0.3, 0.4) is 0 Å². The second-order valence-corrected chi connectivity index (χ2v) is 4.68. The first-order valence-electron chi connectivity index (χ1n) is 5.60. The van der Waals surface area contributed by atoms with E-state index in [9.17, 15) is 9.59 Å². The largest absolute Gasteiger partial charge is 0.481 e.